The number of nitrogens with one attached hydrogen (secondary N) is 1. The fraction of sp³-hybridized carbons (Fsp3) is 0.158. The highest BCUT2D eigenvalue weighted by Crippen LogP contribution is 2.27. The minimum atomic E-state index is -0.196. The Balaban J connectivity index is 1.64. The molecule has 114 valence electrons. The lowest BCUT2D eigenvalue weighted by Gasteiger charge is -2.22. The lowest BCUT2D eigenvalue weighted by Crippen LogP contribution is -2.39. The Morgan fingerprint density at radius 1 is 0.957 bits per heavy atom. The van der Waals surface area contributed by atoms with Gasteiger partial charge in [0.25, 0.3) is 11.8 Å². The number of aromatic nitrogens is 1. The molecule has 1 atom stereocenters. The van der Waals surface area contributed by atoms with Crippen molar-refractivity contribution < 1.29 is 9.59 Å². The van der Waals surface area contributed by atoms with Crippen molar-refractivity contribution in [2.24, 2.45) is 0 Å². The van der Waals surface area contributed by atoms with Crippen LogP contribution in [0.1, 0.15) is 33.2 Å². The number of rotatable bonds is 3. The average Bonchev–Trinajstić information content (AvgIpc) is 3.08. The number of hydrogen-bond donors (Lipinski definition) is 1. The summed E-state index contributed by atoms with van der Waals surface area (Å²) in [6, 6.07) is 14.9. The van der Waals surface area contributed by atoms with Crippen LogP contribution in [0, 0.1) is 0 Å². The first-order valence-electron chi connectivity index (χ1n) is 7.68. The molecule has 0 fully saturated rings. The van der Waals surface area contributed by atoms with Crippen LogP contribution in [0.4, 0.5) is 0 Å². The van der Waals surface area contributed by atoms with Crippen LogP contribution in [-0.2, 0) is 6.42 Å². The van der Waals surface area contributed by atoms with Crippen molar-refractivity contribution in [1.82, 2.24) is 9.88 Å². The predicted octanol–water partition coefficient (Wildman–Crippen LogP) is 3.40. The van der Waals surface area contributed by atoms with Crippen LogP contribution in [0.15, 0.2) is 54.7 Å². The van der Waals surface area contributed by atoms with E-state index in [1.54, 1.807) is 24.3 Å². The van der Waals surface area contributed by atoms with Gasteiger partial charge in [0.05, 0.1) is 11.1 Å². The van der Waals surface area contributed by atoms with E-state index in [1.165, 1.54) is 4.90 Å². The smallest absolute Gasteiger partial charge is 0.261 e. The van der Waals surface area contributed by atoms with Crippen LogP contribution in [0.25, 0.3) is 10.9 Å². The minimum Gasteiger partial charge on any atom is -0.361 e. The van der Waals surface area contributed by atoms with Gasteiger partial charge in [0.2, 0.25) is 0 Å². The maximum absolute atomic E-state index is 12.5. The number of benzene rings is 2. The summed E-state index contributed by atoms with van der Waals surface area (Å²) in [5.74, 6) is -0.393. The molecule has 0 unspecified atom stereocenters. The van der Waals surface area contributed by atoms with Gasteiger partial charge in [0, 0.05) is 23.1 Å². The Labute approximate surface area is 133 Å². The Kier molecular flexibility index (Phi) is 3.05. The first-order valence-corrected chi connectivity index (χ1v) is 7.68. The van der Waals surface area contributed by atoms with Gasteiger partial charge in [0.15, 0.2) is 0 Å². The van der Waals surface area contributed by atoms with E-state index < -0.39 is 0 Å². The van der Waals surface area contributed by atoms with E-state index >= 15 is 0 Å². The maximum atomic E-state index is 12.5. The van der Waals surface area contributed by atoms with Crippen molar-refractivity contribution in [3.05, 3.63) is 71.4 Å². The van der Waals surface area contributed by atoms with E-state index in [4.69, 9.17) is 0 Å². The molecule has 1 aromatic heterocycles. The van der Waals surface area contributed by atoms with Gasteiger partial charge in [-0.2, -0.15) is 0 Å². The predicted molar refractivity (Wildman–Crippen MR) is 88.4 cm³/mol. The number of aromatic amines is 1. The second-order valence-electron chi connectivity index (χ2n) is 5.94. The maximum Gasteiger partial charge on any atom is 0.261 e. The van der Waals surface area contributed by atoms with Gasteiger partial charge in [-0.05, 0) is 37.1 Å². The zero-order valence-electron chi connectivity index (χ0n) is 12.7. The topological polar surface area (TPSA) is 53.2 Å². The van der Waals surface area contributed by atoms with E-state index in [9.17, 15) is 9.59 Å². The van der Waals surface area contributed by atoms with Crippen molar-refractivity contribution in [3.63, 3.8) is 0 Å². The third kappa shape index (κ3) is 2.06. The average molecular weight is 304 g/mol. The Bertz CT molecular complexity index is 891. The van der Waals surface area contributed by atoms with Crippen molar-refractivity contribution in [2.45, 2.75) is 19.4 Å². The molecular formula is C19H16N2O2. The molecule has 4 heteroatoms. The molecule has 3 aromatic rings. The first-order chi connectivity index (χ1) is 11.2. The molecule has 2 heterocycles. The monoisotopic (exact) mass is 304 g/mol. The summed E-state index contributed by atoms with van der Waals surface area (Å²) in [5.41, 5.74) is 3.19. The van der Waals surface area contributed by atoms with Gasteiger partial charge >= 0.3 is 0 Å². The second-order valence-corrected chi connectivity index (χ2v) is 5.94. The summed E-state index contributed by atoms with van der Waals surface area (Å²) >= 11 is 0. The highest BCUT2D eigenvalue weighted by Gasteiger charge is 2.38. The summed E-state index contributed by atoms with van der Waals surface area (Å²) in [7, 11) is 0. The van der Waals surface area contributed by atoms with Crippen LogP contribution in [0.5, 0.6) is 0 Å². The molecular weight excluding hydrogens is 288 g/mol. The van der Waals surface area contributed by atoms with E-state index in [-0.39, 0.29) is 17.9 Å². The second kappa shape index (κ2) is 5.09. The van der Waals surface area contributed by atoms with E-state index in [2.05, 4.69) is 11.1 Å². The Hall–Kier alpha value is -2.88. The van der Waals surface area contributed by atoms with Gasteiger partial charge in [0.1, 0.15) is 0 Å². The molecule has 0 bridgehead atoms. The highest BCUT2D eigenvalue weighted by molar-refractivity contribution is 6.21. The summed E-state index contributed by atoms with van der Waals surface area (Å²) in [5, 5.41) is 1.14. The normalized spacial score (nSPS) is 15.3. The van der Waals surface area contributed by atoms with Crippen molar-refractivity contribution >= 4 is 22.7 Å². The largest absolute Gasteiger partial charge is 0.361 e. The molecule has 2 amide bonds. The van der Waals surface area contributed by atoms with Gasteiger partial charge in [-0.15, -0.1) is 0 Å². The van der Waals surface area contributed by atoms with Crippen molar-refractivity contribution in [1.29, 1.82) is 0 Å². The number of carbonyl (C=O) groups is 2. The van der Waals surface area contributed by atoms with Crippen LogP contribution < -0.4 is 0 Å². The number of para-hydroxylation sites is 1. The third-order valence-electron chi connectivity index (χ3n) is 4.46. The lowest BCUT2D eigenvalue weighted by atomic mass is 10.1. The van der Waals surface area contributed by atoms with Crippen LogP contribution in [0.2, 0.25) is 0 Å². The summed E-state index contributed by atoms with van der Waals surface area (Å²) < 4.78 is 0. The first kappa shape index (κ1) is 13.8. The molecule has 2 aromatic carbocycles. The summed E-state index contributed by atoms with van der Waals surface area (Å²) in [6.07, 6.45) is 2.59. The molecule has 0 aliphatic carbocycles. The van der Waals surface area contributed by atoms with Gasteiger partial charge in [-0.25, -0.2) is 0 Å². The summed E-state index contributed by atoms with van der Waals surface area (Å²) in [4.78, 5) is 29.7. The van der Waals surface area contributed by atoms with E-state index in [1.807, 2.05) is 31.3 Å². The number of H-pyrrole nitrogens is 1. The standard InChI is InChI=1S/C19H16N2O2/c1-12(10-13-11-20-17-9-5-4-6-14(13)17)21-18(22)15-7-2-3-8-16(15)19(21)23/h2-9,11-12,20H,10H2,1H3/t12-/m1/s1. The molecule has 1 N–H and O–H groups in total. The van der Waals surface area contributed by atoms with E-state index in [0.717, 1.165) is 16.5 Å². The molecule has 4 rings (SSSR count). The third-order valence-corrected chi connectivity index (χ3v) is 4.46. The number of fused-ring (bicyclic) bond motifs is 2. The molecule has 4 nitrogen and oxygen atoms in total. The quantitative estimate of drug-likeness (QED) is 0.754. The minimum absolute atomic E-state index is 0.193. The highest BCUT2D eigenvalue weighted by atomic mass is 16.2. The fourth-order valence-electron chi connectivity index (χ4n) is 3.32. The van der Waals surface area contributed by atoms with Crippen LogP contribution in [0.3, 0.4) is 0 Å². The molecule has 1 aliphatic rings. The van der Waals surface area contributed by atoms with E-state index in [0.29, 0.717) is 17.5 Å². The number of hydrogen-bond acceptors (Lipinski definition) is 2. The summed E-state index contributed by atoms with van der Waals surface area (Å²) in [6.45, 7) is 1.92. The van der Waals surface area contributed by atoms with Crippen molar-refractivity contribution in [3.8, 4) is 0 Å². The fourth-order valence-corrected chi connectivity index (χ4v) is 3.32. The zero-order valence-corrected chi connectivity index (χ0v) is 12.7. The Morgan fingerprint density at radius 2 is 1.57 bits per heavy atom. The van der Waals surface area contributed by atoms with Crippen molar-refractivity contribution in [2.75, 3.05) is 0 Å². The number of imide groups is 1. The van der Waals surface area contributed by atoms with Crippen LogP contribution in [-0.4, -0.2) is 27.7 Å². The molecule has 0 spiro atoms. The van der Waals surface area contributed by atoms with Gasteiger partial charge in [-0.1, -0.05) is 30.3 Å². The van der Waals surface area contributed by atoms with Gasteiger partial charge < -0.3 is 4.98 Å². The SMILES string of the molecule is C[C@H](Cc1c[nH]c2ccccc12)N1C(=O)c2ccccc2C1=O. The lowest BCUT2D eigenvalue weighted by molar-refractivity contribution is 0.0597. The Morgan fingerprint density at radius 3 is 2.26 bits per heavy atom. The number of nitrogens with zero attached hydrogens (tertiary/aromatic N) is 1. The molecule has 1 aliphatic heterocycles. The molecule has 0 saturated carbocycles. The number of carbonyl (C=O) groups excluding carboxylic acids is 2. The molecule has 23 heavy (non-hydrogen) atoms. The molecule has 0 radical (unpaired) electrons. The van der Waals surface area contributed by atoms with Crippen LogP contribution >= 0.6 is 0 Å². The number of amides is 2. The van der Waals surface area contributed by atoms with Gasteiger partial charge in [-0.3, -0.25) is 14.5 Å². The molecule has 0 saturated heterocycles. The zero-order chi connectivity index (χ0) is 16.0.